The highest BCUT2D eigenvalue weighted by molar-refractivity contribution is 5.65. The molecule has 6 heteroatoms. The molecule has 3 aliphatic rings. The highest BCUT2D eigenvalue weighted by atomic mass is 16.5. The van der Waals surface area contributed by atoms with E-state index in [1.807, 2.05) is 0 Å². The maximum absolute atomic E-state index is 11.0. The summed E-state index contributed by atoms with van der Waals surface area (Å²) in [4.78, 5) is 17.6. The van der Waals surface area contributed by atoms with Gasteiger partial charge in [0.2, 0.25) is 0 Å². The lowest BCUT2D eigenvalue weighted by molar-refractivity contribution is 0.0895. The molecule has 2 saturated heterocycles. The third-order valence-electron chi connectivity index (χ3n) is 6.37. The normalized spacial score (nSPS) is 23.0. The first-order valence-corrected chi connectivity index (χ1v) is 10.4. The van der Waals surface area contributed by atoms with Gasteiger partial charge in [0.05, 0.1) is 0 Å². The summed E-state index contributed by atoms with van der Waals surface area (Å²) < 4.78 is 6.06. The molecule has 0 unspecified atom stereocenters. The van der Waals surface area contributed by atoms with Crippen LogP contribution in [0.5, 0.6) is 5.75 Å². The molecule has 0 atom stereocenters. The first-order chi connectivity index (χ1) is 13.2. The minimum Gasteiger partial charge on any atom is -0.490 e. The van der Waals surface area contributed by atoms with Crippen LogP contribution in [0, 0.1) is 0 Å². The number of piperidine rings is 1. The van der Waals surface area contributed by atoms with E-state index in [2.05, 4.69) is 34.1 Å². The second-order valence-corrected chi connectivity index (χ2v) is 8.04. The van der Waals surface area contributed by atoms with Gasteiger partial charge in [0, 0.05) is 63.8 Å². The quantitative estimate of drug-likeness (QED) is 0.878. The van der Waals surface area contributed by atoms with Crippen LogP contribution in [0.2, 0.25) is 0 Å². The average molecular weight is 373 g/mol. The summed E-state index contributed by atoms with van der Waals surface area (Å²) >= 11 is 0. The third-order valence-corrected chi connectivity index (χ3v) is 6.37. The van der Waals surface area contributed by atoms with Crippen LogP contribution < -0.4 is 9.64 Å². The molecule has 1 aromatic carbocycles. The van der Waals surface area contributed by atoms with Crippen molar-refractivity contribution in [3.63, 3.8) is 0 Å². The molecule has 6 nitrogen and oxygen atoms in total. The maximum Gasteiger partial charge on any atom is 0.407 e. The van der Waals surface area contributed by atoms with Crippen LogP contribution >= 0.6 is 0 Å². The Morgan fingerprint density at radius 2 is 1.52 bits per heavy atom. The van der Waals surface area contributed by atoms with Crippen molar-refractivity contribution in [3.05, 3.63) is 24.3 Å². The molecular formula is C21H31N3O3. The van der Waals surface area contributed by atoms with Crippen molar-refractivity contribution >= 4 is 11.8 Å². The molecule has 1 aliphatic carbocycles. The van der Waals surface area contributed by atoms with Crippen LogP contribution in [0.1, 0.15) is 38.5 Å². The van der Waals surface area contributed by atoms with Gasteiger partial charge in [0.15, 0.2) is 0 Å². The van der Waals surface area contributed by atoms with Crippen LogP contribution in [-0.2, 0) is 0 Å². The Bertz CT molecular complexity index is 614. The van der Waals surface area contributed by atoms with E-state index in [0.717, 1.165) is 37.7 Å². The molecule has 0 bridgehead atoms. The Morgan fingerprint density at radius 3 is 2.11 bits per heavy atom. The molecular weight excluding hydrogens is 342 g/mol. The maximum atomic E-state index is 11.0. The zero-order valence-corrected chi connectivity index (χ0v) is 16.1. The molecule has 2 aliphatic heterocycles. The fourth-order valence-electron chi connectivity index (χ4n) is 4.71. The Hall–Kier alpha value is -1.95. The van der Waals surface area contributed by atoms with E-state index in [4.69, 9.17) is 9.84 Å². The summed E-state index contributed by atoms with van der Waals surface area (Å²) in [7, 11) is 0. The predicted octanol–water partition coefficient (Wildman–Crippen LogP) is 3.27. The Balaban J connectivity index is 1.25. The van der Waals surface area contributed by atoms with Crippen molar-refractivity contribution in [2.75, 3.05) is 44.2 Å². The number of anilines is 1. The molecule has 1 aromatic rings. The summed E-state index contributed by atoms with van der Waals surface area (Å²) in [6, 6.07) is 9.26. The molecule has 0 aromatic heterocycles. The van der Waals surface area contributed by atoms with Gasteiger partial charge in [0.1, 0.15) is 11.9 Å². The number of ether oxygens (including phenoxy) is 1. The van der Waals surface area contributed by atoms with Crippen molar-refractivity contribution in [2.45, 2.75) is 50.7 Å². The molecule has 1 amide bonds. The van der Waals surface area contributed by atoms with Crippen molar-refractivity contribution in [2.24, 2.45) is 0 Å². The van der Waals surface area contributed by atoms with Crippen molar-refractivity contribution < 1.29 is 14.6 Å². The molecule has 148 valence electrons. The largest absolute Gasteiger partial charge is 0.490 e. The summed E-state index contributed by atoms with van der Waals surface area (Å²) in [5, 5.41) is 9.02. The zero-order valence-electron chi connectivity index (χ0n) is 16.1. The second-order valence-electron chi connectivity index (χ2n) is 8.04. The van der Waals surface area contributed by atoms with E-state index in [-0.39, 0.29) is 6.10 Å². The molecule has 2 heterocycles. The van der Waals surface area contributed by atoms with Crippen LogP contribution in [0.4, 0.5) is 10.5 Å². The first kappa shape index (κ1) is 18.4. The van der Waals surface area contributed by atoms with Gasteiger partial charge in [-0.05, 0) is 37.1 Å². The highest BCUT2D eigenvalue weighted by Crippen LogP contribution is 2.27. The van der Waals surface area contributed by atoms with E-state index in [0.29, 0.717) is 13.1 Å². The van der Waals surface area contributed by atoms with E-state index in [1.54, 1.807) is 0 Å². The lowest BCUT2D eigenvalue weighted by Gasteiger charge is -2.39. The minimum absolute atomic E-state index is 0.112. The summed E-state index contributed by atoms with van der Waals surface area (Å²) in [6.07, 6.45) is 6.39. The number of nitrogens with zero attached hydrogens (tertiary/aromatic N) is 3. The first-order valence-electron chi connectivity index (χ1n) is 10.4. The van der Waals surface area contributed by atoms with Gasteiger partial charge in [-0.25, -0.2) is 4.79 Å². The van der Waals surface area contributed by atoms with Gasteiger partial charge < -0.3 is 19.6 Å². The number of hydrogen-bond donors (Lipinski definition) is 1. The van der Waals surface area contributed by atoms with Crippen LogP contribution in [-0.4, -0.2) is 72.4 Å². The highest BCUT2D eigenvalue weighted by Gasteiger charge is 2.26. The van der Waals surface area contributed by atoms with Crippen LogP contribution in [0.3, 0.4) is 0 Å². The summed E-state index contributed by atoms with van der Waals surface area (Å²) in [5.41, 5.74) is 1.27. The smallest absolute Gasteiger partial charge is 0.407 e. The van der Waals surface area contributed by atoms with Gasteiger partial charge in [-0.2, -0.15) is 0 Å². The van der Waals surface area contributed by atoms with Crippen LogP contribution in [0.15, 0.2) is 24.3 Å². The van der Waals surface area contributed by atoms with Crippen molar-refractivity contribution in [3.8, 4) is 5.75 Å². The van der Waals surface area contributed by atoms with Crippen molar-refractivity contribution in [1.82, 2.24) is 9.80 Å². The van der Waals surface area contributed by atoms with E-state index >= 15 is 0 Å². The van der Waals surface area contributed by atoms with Gasteiger partial charge in [-0.1, -0.05) is 12.8 Å². The Labute approximate surface area is 161 Å². The molecule has 4 rings (SSSR count). The number of rotatable bonds is 4. The SMILES string of the molecule is O=C(O)N1CCC(Oc2ccc(N3CCN(C4CCCC4)CC3)cc2)CC1. The number of likely N-dealkylation sites (tertiary alicyclic amines) is 1. The predicted molar refractivity (Wildman–Crippen MR) is 106 cm³/mol. The fraction of sp³-hybridized carbons (Fsp3) is 0.667. The lowest BCUT2D eigenvalue weighted by atomic mass is 10.1. The topological polar surface area (TPSA) is 56.2 Å². The molecule has 0 spiro atoms. The Kier molecular flexibility index (Phi) is 5.72. The minimum atomic E-state index is -0.828. The summed E-state index contributed by atoms with van der Waals surface area (Å²) in [5.74, 6) is 0.886. The van der Waals surface area contributed by atoms with E-state index in [9.17, 15) is 4.79 Å². The standard InChI is InChI=1S/C21H31N3O3/c25-21(26)24-11-9-20(10-12-24)27-19-7-5-18(6-8-19)23-15-13-22(14-16-23)17-3-1-2-4-17/h5-8,17,20H,1-4,9-16H2,(H,25,26). The number of hydrogen-bond acceptors (Lipinski definition) is 4. The van der Waals surface area contributed by atoms with Gasteiger partial charge in [-0.3, -0.25) is 4.90 Å². The summed E-state index contributed by atoms with van der Waals surface area (Å²) in [6.45, 7) is 5.66. The Morgan fingerprint density at radius 1 is 0.889 bits per heavy atom. The molecule has 27 heavy (non-hydrogen) atoms. The van der Waals surface area contributed by atoms with E-state index < -0.39 is 6.09 Å². The van der Waals surface area contributed by atoms with Crippen LogP contribution in [0.25, 0.3) is 0 Å². The monoisotopic (exact) mass is 373 g/mol. The number of carboxylic acid groups (broad SMARTS) is 1. The number of amides is 1. The zero-order chi connectivity index (χ0) is 18.6. The number of carbonyl (C=O) groups is 1. The van der Waals surface area contributed by atoms with Gasteiger partial charge in [-0.15, -0.1) is 0 Å². The molecule has 1 N–H and O–H groups in total. The molecule has 1 saturated carbocycles. The van der Waals surface area contributed by atoms with Gasteiger partial charge >= 0.3 is 6.09 Å². The molecule has 0 radical (unpaired) electrons. The third kappa shape index (κ3) is 4.49. The van der Waals surface area contributed by atoms with E-state index in [1.165, 1.54) is 49.4 Å². The van der Waals surface area contributed by atoms with Gasteiger partial charge in [0.25, 0.3) is 0 Å². The van der Waals surface area contributed by atoms with Crippen molar-refractivity contribution in [1.29, 1.82) is 0 Å². The average Bonchev–Trinajstić information content (AvgIpc) is 3.24. The number of benzene rings is 1. The second kappa shape index (κ2) is 8.38. The number of piperazine rings is 1. The lowest BCUT2D eigenvalue weighted by Crippen LogP contribution is -2.49. The fourth-order valence-corrected chi connectivity index (χ4v) is 4.71. The molecule has 3 fully saturated rings.